The predicted octanol–water partition coefficient (Wildman–Crippen LogP) is 5.39. The number of sulfone groups is 1. The van der Waals surface area contributed by atoms with Crippen LogP contribution in [0, 0.1) is 0 Å². The van der Waals surface area contributed by atoms with Gasteiger partial charge in [-0.2, -0.15) is 13.2 Å². The topological polar surface area (TPSA) is 145 Å². The highest BCUT2D eigenvalue weighted by Gasteiger charge is 2.51. The van der Waals surface area contributed by atoms with E-state index in [1.807, 2.05) is 54.6 Å². The van der Waals surface area contributed by atoms with Crippen LogP contribution in [0.15, 0.2) is 124 Å². The third-order valence-electron chi connectivity index (χ3n) is 9.24. The monoisotopic (exact) mass is 835 g/mol. The number of amides is 1. The van der Waals surface area contributed by atoms with Crippen LogP contribution >= 0.6 is 11.8 Å². The minimum atomic E-state index is -6.04. The van der Waals surface area contributed by atoms with Gasteiger partial charge in [0.05, 0.1) is 29.9 Å². The van der Waals surface area contributed by atoms with Gasteiger partial charge in [0.15, 0.2) is 0 Å². The molecule has 2 atom stereocenters. The molecule has 1 amide bonds. The highest BCUT2D eigenvalue weighted by molar-refractivity contribution is 7.99. The molecule has 0 aromatic heterocycles. The number of morpholine rings is 1. The first-order chi connectivity index (χ1) is 25.8. The Kier molecular flexibility index (Phi) is 13.3. The van der Waals surface area contributed by atoms with E-state index in [0.29, 0.717) is 6.07 Å². The number of primary sulfonamides is 1. The molecule has 0 spiro atoms. The number of ether oxygens (including phenoxy) is 1. The zero-order chi connectivity index (χ0) is 40.1. The fourth-order valence-electron chi connectivity index (χ4n) is 6.60. The molecule has 1 aliphatic rings. The summed E-state index contributed by atoms with van der Waals surface area (Å²) in [6, 6.07) is 30.6. The maximum atomic E-state index is 14.0. The van der Waals surface area contributed by atoms with Gasteiger partial charge < -0.3 is 19.4 Å². The lowest BCUT2D eigenvalue weighted by Crippen LogP contribution is -2.67. The highest BCUT2D eigenvalue weighted by atomic mass is 32.2. The normalized spacial score (nSPS) is 16.4. The molecule has 3 N–H and O–H groups in total. The van der Waals surface area contributed by atoms with E-state index in [1.165, 1.54) is 11.8 Å². The lowest BCUT2D eigenvalue weighted by Gasteiger charge is -2.44. The zero-order valence-corrected chi connectivity index (χ0v) is 34.0. The van der Waals surface area contributed by atoms with Crippen LogP contribution in [0.1, 0.15) is 27.2 Å². The molecule has 5 rings (SSSR count). The highest BCUT2D eigenvalue weighted by Crippen LogP contribution is 2.38. The lowest BCUT2D eigenvalue weighted by molar-refractivity contribution is -0.140. The largest absolute Gasteiger partial charge is 0.501 e. The van der Waals surface area contributed by atoms with Gasteiger partial charge in [-0.25, -0.2) is 22.0 Å². The summed E-state index contributed by atoms with van der Waals surface area (Å²) in [6.07, 6.45) is -0.719. The number of sulfonamides is 1. The molecule has 0 bridgehead atoms. The average Bonchev–Trinajstić information content (AvgIpc) is 3.14. The number of halogens is 3. The fourth-order valence-corrected chi connectivity index (χ4v) is 13.7. The minimum absolute atomic E-state index is 0.142. The summed E-state index contributed by atoms with van der Waals surface area (Å²) in [6.45, 7) is 7.33. The van der Waals surface area contributed by atoms with Crippen molar-refractivity contribution in [3.05, 3.63) is 109 Å². The number of alkyl halides is 3. The third kappa shape index (κ3) is 10.00. The van der Waals surface area contributed by atoms with Crippen LogP contribution in [0.5, 0.6) is 0 Å². The first kappa shape index (κ1) is 42.4. The van der Waals surface area contributed by atoms with Gasteiger partial charge in [0.1, 0.15) is 4.90 Å². The number of hydrogen-bond acceptors (Lipinski definition) is 9. The van der Waals surface area contributed by atoms with Crippen molar-refractivity contribution in [2.45, 2.75) is 64.6 Å². The summed E-state index contributed by atoms with van der Waals surface area (Å²) in [4.78, 5) is 14.3. The van der Waals surface area contributed by atoms with Gasteiger partial charge in [-0.3, -0.25) is 4.79 Å². The quantitative estimate of drug-likeness (QED) is 0.126. The molecule has 0 radical (unpaired) electrons. The Bertz CT molecular complexity index is 2100. The van der Waals surface area contributed by atoms with E-state index in [4.69, 9.17) is 14.3 Å². The van der Waals surface area contributed by atoms with Crippen LogP contribution in [-0.2, 0) is 33.8 Å². The van der Waals surface area contributed by atoms with Gasteiger partial charge >= 0.3 is 5.51 Å². The van der Waals surface area contributed by atoms with Crippen molar-refractivity contribution >= 4 is 61.9 Å². The molecule has 0 saturated carbocycles. The number of thioether (sulfide) groups is 1. The number of carbonyl (C=O) groups is 1. The Balaban J connectivity index is 1.39. The summed E-state index contributed by atoms with van der Waals surface area (Å²) in [7, 11) is -13.5. The molecule has 2 unspecified atom stereocenters. The van der Waals surface area contributed by atoms with E-state index in [9.17, 15) is 34.8 Å². The summed E-state index contributed by atoms with van der Waals surface area (Å²) >= 11 is 1.31. The zero-order valence-electron chi connectivity index (χ0n) is 30.5. The average molecular weight is 836 g/mol. The van der Waals surface area contributed by atoms with E-state index in [2.05, 4.69) is 50.4 Å². The van der Waals surface area contributed by atoms with Crippen LogP contribution in [0.3, 0.4) is 0 Å². The Hall–Kier alpha value is -3.71. The standard InChI is InChI=1S/C38H44F3N3O7S3Si/c1-37(2,3)55(32-15-9-5-10-16-32,33-17-11-6-12-18-33)51-26-29-25-44(21-22-50-29)36(45)23-28(27-52-30-13-7-4-8-14-30)43-34-20-19-31(54(42,48)49)24-35(34)53(46,47)38(39,40)41/h4-20,24,28-29,43H,21-23,25-27H2,1-3H3,(H2,42,48,49). The molecule has 296 valence electrons. The van der Waals surface area contributed by atoms with Crippen molar-refractivity contribution < 1.29 is 44.0 Å². The van der Waals surface area contributed by atoms with Gasteiger partial charge in [0, 0.05) is 36.2 Å². The Morgan fingerprint density at radius 2 is 1.49 bits per heavy atom. The summed E-state index contributed by atoms with van der Waals surface area (Å²) in [5.74, 6) is -0.200. The number of nitrogens with one attached hydrogen (secondary N) is 1. The van der Waals surface area contributed by atoms with E-state index in [-0.39, 0.29) is 49.4 Å². The molecule has 4 aromatic carbocycles. The van der Waals surface area contributed by atoms with E-state index in [1.54, 1.807) is 17.0 Å². The molecular formula is C38H44F3N3O7S3Si. The summed E-state index contributed by atoms with van der Waals surface area (Å²) in [5, 5.41) is 9.84. The smallest absolute Gasteiger partial charge is 0.405 e. The Morgan fingerprint density at radius 3 is 2.02 bits per heavy atom. The minimum Gasteiger partial charge on any atom is -0.405 e. The van der Waals surface area contributed by atoms with E-state index in [0.717, 1.165) is 27.4 Å². The maximum absolute atomic E-state index is 14.0. The van der Waals surface area contributed by atoms with E-state index < -0.39 is 61.3 Å². The first-order valence-electron chi connectivity index (χ1n) is 17.4. The van der Waals surface area contributed by atoms with Crippen LogP contribution in [0.4, 0.5) is 18.9 Å². The van der Waals surface area contributed by atoms with Crippen molar-refractivity contribution in [3.8, 4) is 0 Å². The van der Waals surface area contributed by atoms with Crippen molar-refractivity contribution in [2.75, 3.05) is 37.4 Å². The van der Waals surface area contributed by atoms with Gasteiger partial charge in [0.25, 0.3) is 18.2 Å². The Labute approximate surface area is 325 Å². The summed E-state index contributed by atoms with van der Waals surface area (Å²) < 4.78 is 104. The molecule has 55 heavy (non-hydrogen) atoms. The number of carbonyl (C=O) groups excluding carboxylic acids is 1. The van der Waals surface area contributed by atoms with Gasteiger partial charge in [-0.15, -0.1) is 11.8 Å². The van der Waals surface area contributed by atoms with Crippen molar-refractivity contribution in [3.63, 3.8) is 0 Å². The van der Waals surface area contributed by atoms with E-state index >= 15 is 0 Å². The fraction of sp³-hybridized carbons (Fsp3) is 0.342. The number of benzene rings is 4. The number of nitrogens with zero attached hydrogens (tertiary/aromatic N) is 1. The number of anilines is 1. The van der Waals surface area contributed by atoms with Crippen LogP contribution < -0.4 is 20.8 Å². The molecular weight excluding hydrogens is 792 g/mol. The van der Waals surface area contributed by atoms with Crippen LogP contribution in [0.25, 0.3) is 0 Å². The van der Waals surface area contributed by atoms with Crippen molar-refractivity contribution in [1.82, 2.24) is 4.90 Å². The predicted molar refractivity (Wildman–Crippen MR) is 210 cm³/mol. The molecule has 1 aliphatic heterocycles. The number of hydrogen-bond donors (Lipinski definition) is 2. The van der Waals surface area contributed by atoms with Crippen molar-refractivity contribution in [1.29, 1.82) is 0 Å². The molecule has 17 heteroatoms. The second-order valence-corrected chi connectivity index (χ2v) is 23.0. The lowest BCUT2D eigenvalue weighted by atomic mass is 10.1. The van der Waals surface area contributed by atoms with Crippen molar-refractivity contribution in [2.24, 2.45) is 5.14 Å². The maximum Gasteiger partial charge on any atom is 0.501 e. The van der Waals surface area contributed by atoms with Crippen LogP contribution in [-0.4, -0.2) is 85.7 Å². The molecule has 1 heterocycles. The molecule has 1 saturated heterocycles. The summed E-state index contributed by atoms with van der Waals surface area (Å²) in [5.41, 5.74) is -6.26. The SMILES string of the molecule is CC(C)(C)[Si](OCC1CN(C(=O)CC(CSc2ccccc2)Nc2ccc(S(N)(=O)=O)cc2S(=O)(=O)C(F)(F)F)CCO1)(c1ccccc1)c1ccccc1. The van der Waals surface area contributed by atoms with Gasteiger partial charge in [-0.1, -0.05) is 99.6 Å². The van der Waals surface area contributed by atoms with Gasteiger partial charge in [-0.05, 0) is 45.7 Å². The molecule has 0 aliphatic carbocycles. The Morgan fingerprint density at radius 1 is 0.927 bits per heavy atom. The number of nitrogens with two attached hydrogens (primary N) is 1. The molecule has 4 aromatic rings. The van der Waals surface area contributed by atoms with Gasteiger partial charge in [0.2, 0.25) is 15.9 Å². The molecule has 1 fully saturated rings. The molecule has 10 nitrogen and oxygen atoms in total. The third-order valence-corrected chi connectivity index (χ3v) is 17.9. The first-order valence-corrected chi connectivity index (χ1v) is 23.3. The van der Waals surface area contributed by atoms with Crippen LogP contribution in [0.2, 0.25) is 5.04 Å². The second-order valence-electron chi connectivity index (χ2n) is 14.1. The number of rotatable bonds is 14. The second kappa shape index (κ2) is 17.2.